The van der Waals surface area contributed by atoms with Gasteiger partial charge in [0.2, 0.25) is 11.2 Å². The average molecular weight is 685 g/mol. The van der Waals surface area contributed by atoms with Gasteiger partial charge in [0.15, 0.2) is 0 Å². The lowest BCUT2D eigenvalue weighted by atomic mass is 9.98. The van der Waals surface area contributed by atoms with Gasteiger partial charge in [-0.05, 0) is 113 Å². The number of thioether (sulfide) groups is 1. The van der Waals surface area contributed by atoms with E-state index in [4.69, 9.17) is 11.5 Å². The Kier molecular flexibility index (Phi) is 10.0. The summed E-state index contributed by atoms with van der Waals surface area (Å²) in [4.78, 5) is 9.23. The highest BCUT2D eigenvalue weighted by Gasteiger charge is 2.26. The first kappa shape index (κ1) is 33.3. The van der Waals surface area contributed by atoms with Crippen molar-refractivity contribution in [1.29, 1.82) is 0 Å². The van der Waals surface area contributed by atoms with Gasteiger partial charge < -0.3 is 21.3 Å². The van der Waals surface area contributed by atoms with Crippen molar-refractivity contribution in [3.63, 3.8) is 0 Å². The molecule has 1 atom stereocenters. The largest absolute Gasteiger partial charge is 0.399 e. The Morgan fingerprint density at radius 3 is 2.29 bits per heavy atom. The number of hydrogen-bond acceptors (Lipinski definition) is 6. The standard InChI is InChI=1S/C21H19N3.C21H26N2S2/c1-2-24-20-13-16(23)9-11-18(20)17-10-8-15(22)12-19(17)21(24)14-6-4-3-5-7-14;1-22-13-6-5-7-16(22)12-14-23-18-8-3-4-9-20(18)25-21-11-10-17(24-2)15-19(21)23/h3-13,23H,2,22H2,1H3;3-4,8-11,15-16H,5-7,12-14H2,1-2H3/p+1. The van der Waals surface area contributed by atoms with Crippen LogP contribution >= 0.6 is 23.5 Å². The molecule has 250 valence electrons. The molecule has 1 unspecified atom stereocenters. The zero-order valence-electron chi connectivity index (χ0n) is 28.7. The second-order valence-electron chi connectivity index (χ2n) is 13.0. The molecule has 3 heterocycles. The van der Waals surface area contributed by atoms with Crippen LogP contribution in [0, 0.1) is 0 Å². The number of para-hydroxylation sites is 1. The summed E-state index contributed by atoms with van der Waals surface area (Å²) in [5.41, 5.74) is 20.0. The molecule has 1 fully saturated rings. The Labute approximate surface area is 299 Å². The SMILES string of the molecule is CC[n+]1c(-c2ccccc2)c2cc(N)ccc2c2ccc(N)cc21.CSc1ccc2c(c1)N(CCC1CCCCN1C)c1ccccc1S2. The third-order valence-electron chi connectivity index (χ3n) is 9.98. The van der Waals surface area contributed by atoms with Gasteiger partial charge in [0, 0.05) is 55.7 Å². The van der Waals surface area contributed by atoms with E-state index < -0.39 is 0 Å². The van der Waals surface area contributed by atoms with Crippen LogP contribution in [-0.2, 0) is 6.54 Å². The summed E-state index contributed by atoms with van der Waals surface area (Å²) < 4.78 is 2.32. The van der Waals surface area contributed by atoms with E-state index in [0.717, 1.165) is 36.0 Å². The van der Waals surface area contributed by atoms with E-state index in [0.29, 0.717) is 0 Å². The fourth-order valence-corrected chi connectivity index (χ4v) is 8.97. The number of hydrogen-bond donors (Lipinski definition) is 2. The molecule has 2 aliphatic rings. The quantitative estimate of drug-likeness (QED) is 0.0788. The Morgan fingerprint density at radius 2 is 1.51 bits per heavy atom. The van der Waals surface area contributed by atoms with E-state index in [1.807, 2.05) is 41.7 Å². The van der Waals surface area contributed by atoms with Gasteiger partial charge in [0.05, 0.1) is 22.1 Å². The third-order valence-corrected chi connectivity index (χ3v) is 11.8. The van der Waals surface area contributed by atoms with Crippen molar-refractivity contribution in [1.82, 2.24) is 4.90 Å². The second-order valence-corrected chi connectivity index (χ2v) is 15.0. The first-order valence-electron chi connectivity index (χ1n) is 17.4. The predicted molar refractivity (Wildman–Crippen MR) is 212 cm³/mol. The van der Waals surface area contributed by atoms with Crippen LogP contribution in [0.4, 0.5) is 22.7 Å². The van der Waals surface area contributed by atoms with Gasteiger partial charge in [-0.2, -0.15) is 4.57 Å². The van der Waals surface area contributed by atoms with Crippen LogP contribution in [0.3, 0.4) is 0 Å². The number of aryl methyl sites for hydroxylation is 1. The van der Waals surface area contributed by atoms with Crippen molar-refractivity contribution in [2.75, 3.05) is 42.8 Å². The van der Waals surface area contributed by atoms with Gasteiger partial charge in [0.1, 0.15) is 6.54 Å². The number of rotatable bonds is 6. The van der Waals surface area contributed by atoms with E-state index in [-0.39, 0.29) is 0 Å². The fourth-order valence-electron chi connectivity index (χ4n) is 7.46. The summed E-state index contributed by atoms with van der Waals surface area (Å²) in [6.07, 6.45) is 7.48. The highest BCUT2D eigenvalue weighted by molar-refractivity contribution is 8.00. The molecule has 0 radical (unpaired) electrons. The van der Waals surface area contributed by atoms with Crippen LogP contribution < -0.4 is 20.9 Å². The predicted octanol–water partition coefficient (Wildman–Crippen LogP) is 10.0. The number of nitrogen functional groups attached to an aromatic ring is 2. The van der Waals surface area contributed by atoms with Crippen LogP contribution in [0.15, 0.2) is 124 Å². The molecule has 0 bridgehead atoms. The topological polar surface area (TPSA) is 62.4 Å². The summed E-state index contributed by atoms with van der Waals surface area (Å²) in [6.45, 7) is 5.36. The number of fused-ring (bicyclic) bond motifs is 5. The number of pyridine rings is 1. The van der Waals surface area contributed by atoms with Crippen molar-refractivity contribution >= 4 is 67.9 Å². The zero-order chi connectivity index (χ0) is 33.9. The molecule has 5 nitrogen and oxygen atoms in total. The number of benzene rings is 5. The Bertz CT molecular complexity index is 2100. The van der Waals surface area contributed by atoms with Crippen LogP contribution in [-0.4, -0.2) is 37.3 Å². The number of nitrogens with zero attached hydrogens (tertiary/aromatic N) is 3. The smallest absolute Gasteiger partial charge is 0.220 e. The summed E-state index contributed by atoms with van der Waals surface area (Å²) >= 11 is 3.73. The minimum absolute atomic E-state index is 0.725. The molecule has 0 saturated carbocycles. The summed E-state index contributed by atoms with van der Waals surface area (Å²) in [5.74, 6) is 0. The Hall–Kier alpha value is -4.17. The molecule has 0 aliphatic carbocycles. The lowest BCUT2D eigenvalue weighted by Crippen LogP contribution is -2.38. The molecule has 1 saturated heterocycles. The highest BCUT2D eigenvalue weighted by atomic mass is 32.2. The van der Waals surface area contributed by atoms with E-state index in [9.17, 15) is 0 Å². The normalized spacial score (nSPS) is 15.8. The number of aromatic nitrogens is 1. The molecule has 8 rings (SSSR count). The van der Waals surface area contributed by atoms with Crippen LogP contribution in [0.2, 0.25) is 0 Å². The fraction of sp³-hybridized carbons (Fsp3) is 0.262. The number of piperidine rings is 1. The zero-order valence-corrected chi connectivity index (χ0v) is 30.4. The molecule has 0 amide bonds. The molecule has 49 heavy (non-hydrogen) atoms. The summed E-state index contributed by atoms with van der Waals surface area (Å²) in [5, 5.41) is 3.56. The highest BCUT2D eigenvalue weighted by Crippen LogP contribution is 2.49. The van der Waals surface area contributed by atoms with Gasteiger partial charge in [0.25, 0.3) is 0 Å². The molecule has 2 aliphatic heterocycles. The van der Waals surface area contributed by atoms with Gasteiger partial charge in [-0.3, -0.25) is 0 Å². The lowest BCUT2D eigenvalue weighted by molar-refractivity contribution is -0.655. The average Bonchev–Trinajstić information content (AvgIpc) is 3.13. The first-order valence-corrected chi connectivity index (χ1v) is 19.4. The van der Waals surface area contributed by atoms with E-state index >= 15 is 0 Å². The molecule has 0 spiro atoms. The van der Waals surface area contributed by atoms with E-state index in [1.54, 1.807) is 0 Å². The number of anilines is 4. The van der Waals surface area contributed by atoms with Crippen molar-refractivity contribution in [3.8, 4) is 11.3 Å². The van der Waals surface area contributed by atoms with Gasteiger partial charge in [-0.25, -0.2) is 0 Å². The van der Waals surface area contributed by atoms with Crippen molar-refractivity contribution < 1.29 is 4.57 Å². The van der Waals surface area contributed by atoms with Gasteiger partial charge in [-0.1, -0.05) is 54.6 Å². The van der Waals surface area contributed by atoms with Crippen LogP contribution in [0.25, 0.3) is 32.9 Å². The number of likely N-dealkylation sites (tertiary alicyclic amines) is 1. The molecule has 1 aromatic heterocycles. The van der Waals surface area contributed by atoms with E-state index in [1.165, 1.54) is 85.7 Å². The first-order chi connectivity index (χ1) is 23.9. The van der Waals surface area contributed by atoms with Crippen molar-refractivity contribution in [3.05, 3.63) is 109 Å². The molecular formula is C42H46N5S2+. The van der Waals surface area contributed by atoms with Crippen molar-refractivity contribution in [2.45, 2.75) is 59.9 Å². The maximum atomic E-state index is 6.10. The Morgan fingerprint density at radius 1 is 0.776 bits per heavy atom. The monoisotopic (exact) mass is 684 g/mol. The molecular weight excluding hydrogens is 639 g/mol. The van der Waals surface area contributed by atoms with Gasteiger partial charge >= 0.3 is 0 Å². The van der Waals surface area contributed by atoms with Crippen LogP contribution in [0.1, 0.15) is 32.6 Å². The molecule has 6 aromatic rings. The minimum atomic E-state index is 0.725. The summed E-state index contributed by atoms with van der Waals surface area (Å²) in [6, 6.07) is 39.2. The minimum Gasteiger partial charge on any atom is -0.399 e. The Balaban J connectivity index is 0.000000154. The molecule has 7 heteroatoms. The lowest BCUT2D eigenvalue weighted by Gasteiger charge is -2.37. The second kappa shape index (κ2) is 14.8. The molecule has 4 N–H and O–H groups in total. The maximum Gasteiger partial charge on any atom is 0.220 e. The van der Waals surface area contributed by atoms with Gasteiger partial charge in [-0.15, -0.1) is 11.8 Å². The van der Waals surface area contributed by atoms with Crippen LogP contribution in [0.5, 0.6) is 0 Å². The van der Waals surface area contributed by atoms with Crippen molar-refractivity contribution in [2.24, 2.45) is 0 Å². The van der Waals surface area contributed by atoms with E-state index in [2.05, 4.69) is 126 Å². The third kappa shape index (κ3) is 6.85. The summed E-state index contributed by atoms with van der Waals surface area (Å²) in [7, 11) is 2.30. The molecule has 5 aromatic carbocycles. The number of nitrogens with two attached hydrogens (primary N) is 2. The maximum absolute atomic E-state index is 6.10.